The lowest BCUT2D eigenvalue weighted by Crippen LogP contribution is -2.42. The average Bonchev–Trinajstić information content (AvgIpc) is 2.54. The number of carbonyl (C=O) groups excluding carboxylic acids is 1. The molecule has 0 atom stereocenters. The summed E-state index contributed by atoms with van der Waals surface area (Å²) in [7, 11) is -2.36. The first-order valence-electron chi connectivity index (χ1n) is 7.37. The van der Waals surface area contributed by atoms with Gasteiger partial charge in [-0.2, -0.15) is 0 Å². The molecule has 126 valence electrons. The zero-order valence-electron chi connectivity index (χ0n) is 12.7. The predicted octanol–water partition coefficient (Wildman–Crippen LogP) is 0.0564. The van der Waals surface area contributed by atoms with Crippen LogP contribution in [0.5, 0.6) is 11.5 Å². The van der Waals surface area contributed by atoms with Crippen molar-refractivity contribution in [1.82, 2.24) is 10.0 Å². The van der Waals surface area contributed by atoms with Crippen molar-refractivity contribution >= 4 is 21.6 Å². The number of rotatable bonds is 4. The van der Waals surface area contributed by atoms with E-state index in [0.29, 0.717) is 11.4 Å². The first kappa shape index (κ1) is 16.0. The Hall–Kier alpha value is -1.84. The van der Waals surface area contributed by atoms with Crippen LogP contribution >= 0.6 is 0 Å². The molecular formula is C14H19N3O5S. The van der Waals surface area contributed by atoms with E-state index >= 15 is 0 Å². The summed E-state index contributed by atoms with van der Waals surface area (Å²) in [4.78, 5) is 11.4. The third-order valence-electron chi connectivity index (χ3n) is 3.85. The Bertz CT molecular complexity index is 713. The number of methoxy groups -OCH3 is 1. The summed E-state index contributed by atoms with van der Waals surface area (Å²) in [6.45, 7) is 1.42. The molecule has 0 aliphatic carbocycles. The lowest BCUT2D eigenvalue weighted by molar-refractivity contribution is -0.118. The smallest absolute Gasteiger partial charge is 0.262 e. The molecule has 2 heterocycles. The Morgan fingerprint density at radius 2 is 2.04 bits per heavy atom. The fraction of sp³-hybridized carbons (Fsp3) is 0.500. The number of fused-ring (bicyclic) bond motifs is 1. The minimum Gasteiger partial charge on any atom is -0.495 e. The third-order valence-corrected chi connectivity index (χ3v) is 5.39. The monoisotopic (exact) mass is 341 g/mol. The van der Waals surface area contributed by atoms with Crippen LogP contribution in [0.2, 0.25) is 0 Å². The topological polar surface area (TPSA) is 106 Å². The third kappa shape index (κ3) is 3.41. The largest absolute Gasteiger partial charge is 0.495 e. The molecule has 0 bridgehead atoms. The maximum atomic E-state index is 12.7. The van der Waals surface area contributed by atoms with Crippen LogP contribution in [0, 0.1) is 0 Å². The fourth-order valence-corrected chi connectivity index (χ4v) is 4.15. The number of hydrogen-bond donors (Lipinski definition) is 3. The summed E-state index contributed by atoms with van der Waals surface area (Å²) in [6, 6.07) is 2.74. The van der Waals surface area contributed by atoms with Crippen LogP contribution in [0.15, 0.2) is 17.0 Å². The van der Waals surface area contributed by atoms with Crippen LogP contribution < -0.4 is 24.8 Å². The first-order chi connectivity index (χ1) is 11.0. The summed E-state index contributed by atoms with van der Waals surface area (Å²) in [6.07, 6.45) is 1.47. The summed E-state index contributed by atoms with van der Waals surface area (Å²) >= 11 is 0. The van der Waals surface area contributed by atoms with Crippen LogP contribution in [-0.2, 0) is 14.8 Å². The molecule has 0 aromatic heterocycles. The molecule has 3 rings (SSSR count). The van der Waals surface area contributed by atoms with E-state index in [9.17, 15) is 13.2 Å². The normalized spacial score (nSPS) is 18.7. The number of nitrogens with one attached hydrogen (secondary N) is 3. The molecule has 1 aromatic rings. The number of ether oxygens (including phenoxy) is 2. The van der Waals surface area contributed by atoms with Crippen molar-refractivity contribution < 1.29 is 22.7 Å². The van der Waals surface area contributed by atoms with E-state index in [1.54, 1.807) is 0 Å². The van der Waals surface area contributed by atoms with Gasteiger partial charge in [0.05, 0.1) is 12.8 Å². The number of benzene rings is 1. The fourth-order valence-electron chi connectivity index (χ4n) is 2.68. The van der Waals surface area contributed by atoms with E-state index in [-0.39, 0.29) is 29.2 Å². The number of piperidine rings is 1. The molecule has 3 N–H and O–H groups in total. The molecule has 1 amide bonds. The van der Waals surface area contributed by atoms with Gasteiger partial charge in [0.25, 0.3) is 5.91 Å². The highest BCUT2D eigenvalue weighted by atomic mass is 32.2. The Balaban J connectivity index is 1.92. The summed E-state index contributed by atoms with van der Waals surface area (Å²) in [5, 5.41) is 5.82. The van der Waals surface area contributed by atoms with Crippen LogP contribution in [-0.4, -0.2) is 47.2 Å². The Kier molecular flexibility index (Phi) is 4.42. The van der Waals surface area contributed by atoms with Gasteiger partial charge in [0.1, 0.15) is 16.4 Å². The zero-order chi connectivity index (χ0) is 16.4. The van der Waals surface area contributed by atoms with Gasteiger partial charge in [-0.05, 0) is 25.9 Å². The molecule has 23 heavy (non-hydrogen) atoms. The number of amides is 1. The lowest BCUT2D eigenvalue weighted by Gasteiger charge is -2.25. The minimum absolute atomic E-state index is 0.00781. The van der Waals surface area contributed by atoms with Gasteiger partial charge in [0.2, 0.25) is 10.0 Å². The quantitative estimate of drug-likeness (QED) is 0.715. The first-order valence-corrected chi connectivity index (χ1v) is 8.85. The molecule has 1 fully saturated rings. The van der Waals surface area contributed by atoms with E-state index in [0.717, 1.165) is 25.9 Å². The molecule has 1 aromatic carbocycles. The van der Waals surface area contributed by atoms with Crippen molar-refractivity contribution in [3.8, 4) is 11.5 Å². The van der Waals surface area contributed by atoms with E-state index in [1.807, 2.05) is 0 Å². The maximum absolute atomic E-state index is 12.7. The molecular weight excluding hydrogens is 322 g/mol. The number of sulfonamides is 1. The standard InChI is InChI=1S/C14H19N3O5S/c1-21-12-6-10-11(22-8-14(18)16-10)7-13(12)23(19,20)17-9-2-4-15-5-3-9/h6-7,9,15,17H,2-5,8H2,1H3,(H,16,18). The van der Waals surface area contributed by atoms with Crippen LogP contribution in [0.1, 0.15) is 12.8 Å². The summed E-state index contributed by atoms with van der Waals surface area (Å²) in [5.41, 5.74) is 0.402. The van der Waals surface area contributed by atoms with E-state index < -0.39 is 10.0 Å². The minimum atomic E-state index is -3.75. The van der Waals surface area contributed by atoms with Gasteiger partial charge in [0, 0.05) is 18.2 Å². The highest BCUT2D eigenvalue weighted by Crippen LogP contribution is 2.37. The Morgan fingerprint density at radius 3 is 2.74 bits per heavy atom. The molecule has 2 aliphatic heterocycles. The summed E-state index contributed by atoms with van der Waals surface area (Å²) < 4.78 is 38.5. The molecule has 0 unspecified atom stereocenters. The number of hydrogen-bond acceptors (Lipinski definition) is 6. The lowest BCUT2D eigenvalue weighted by atomic mass is 10.1. The van der Waals surface area contributed by atoms with E-state index in [2.05, 4.69) is 15.4 Å². The van der Waals surface area contributed by atoms with Gasteiger partial charge in [-0.3, -0.25) is 4.79 Å². The van der Waals surface area contributed by atoms with Crippen molar-refractivity contribution in [2.24, 2.45) is 0 Å². The molecule has 2 aliphatic rings. The Labute approximate surface area is 134 Å². The number of anilines is 1. The second-order valence-electron chi connectivity index (χ2n) is 5.48. The summed E-state index contributed by atoms with van der Waals surface area (Å²) in [5.74, 6) is 0.190. The van der Waals surface area contributed by atoms with Gasteiger partial charge in [-0.1, -0.05) is 0 Å². The highest BCUT2D eigenvalue weighted by Gasteiger charge is 2.28. The van der Waals surface area contributed by atoms with E-state index in [4.69, 9.17) is 9.47 Å². The highest BCUT2D eigenvalue weighted by molar-refractivity contribution is 7.89. The Morgan fingerprint density at radius 1 is 1.30 bits per heavy atom. The second-order valence-corrected chi connectivity index (χ2v) is 7.16. The van der Waals surface area contributed by atoms with Crippen molar-refractivity contribution in [2.45, 2.75) is 23.8 Å². The van der Waals surface area contributed by atoms with Crippen molar-refractivity contribution in [3.05, 3.63) is 12.1 Å². The van der Waals surface area contributed by atoms with Crippen molar-refractivity contribution in [2.75, 3.05) is 32.1 Å². The van der Waals surface area contributed by atoms with Gasteiger partial charge < -0.3 is 20.1 Å². The molecule has 0 spiro atoms. The SMILES string of the molecule is COc1cc2c(cc1S(=O)(=O)NC1CCNCC1)OCC(=O)N2. The molecule has 1 saturated heterocycles. The van der Waals surface area contributed by atoms with Crippen molar-refractivity contribution in [1.29, 1.82) is 0 Å². The second kappa shape index (κ2) is 6.34. The molecule has 8 nitrogen and oxygen atoms in total. The molecule has 0 radical (unpaired) electrons. The van der Waals surface area contributed by atoms with Gasteiger partial charge in [-0.15, -0.1) is 0 Å². The van der Waals surface area contributed by atoms with Crippen molar-refractivity contribution in [3.63, 3.8) is 0 Å². The maximum Gasteiger partial charge on any atom is 0.262 e. The van der Waals surface area contributed by atoms with Crippen LogP contribution in [0.25, 0.3) is 0 Å². The van der Waals surface area contributed by atoms with Crippen LogP contribution in [0.4, 0.5) is 5.69 Å². The van der Waals surface area contributed by atoms with Crippen LogP contribution in [0.3, 0.4) is 0 Å². The number of carbonyl (C=O) groups is 1. The molecule has 9 heteroatoms. The van der Waals surface area contributed by atoms with Gasteiger partial charge >= 0.3 is 0 Å². The average molecular weight is 341 g/mol. The van der Waals surface area contributed by atoms with Gasteiger partial charge in [-0.25, -0.2) is 13.1 Å². The zero-order valence-corrected chi connectivity index (χ0v) is 13.5. The predicted molar refractivity (Wildman–Crippen MR) is 83.3 cm³/mol. The van der Waals surface area contributed by atoms with E-state index in [1.165, 1.54) is 19.2 Å². The van der Waals surface area contributed by atoms with Gasteiger partial charge in [0.15, 0.2) is 6.61 Å². The molecule has 0 saturated carbocycles.